The van der Waals surface area contributed by atoms with Crippen LogP contribution in [0, 0.1) is 0 Å². The van der Waals surface area contributed by atoms with Crippen LogP contribution in [0.4, 0.5) is 11.6 Å². The predicted molar refractivity (Wildman–Crippen MR) is 98.6 cm³/mol. The second kappa shape index (κ2) is 6.51. The van der Waals surface area contributed by atoms with Crippen molar-refractivity contribution in [1.82, 2.24) is 9.55 Å². The highest BCUT2D eigenvalue weighted by molar-refractivity contribution is 6.04. The van der Waals surface area contributed by atoms with Crippen LogP contribution >= 0.6 is 0 Å². The Hall–Kier alpha value is -3.35. The van der Waals surface area contributed by atoms with E-state index in [0.717, 1.165) is 16.8 Å². The summed E-state index contributed by atoms with van der Waals surface area (Å²) in [6.07, 6.45) is 0.0657. The van der Waals surface area contributed by atoms with E-state index in [1.165, 1.54) is 4.57 Å². The van der Waals surface area contributed by atoms with Gasteiger partial charge in [-0.15, -0.1) is 0 Å². The summed E-state index contributed by atoms with van der Waals surface area (Å²) in [5, 5.41) is 5.88. The number of fused-ring (bicyclic) bond motifs is 3. The highest BCUT2D eigenvalue weighted by Gasteiger charge is 2.31. The van der Waals surface area contributed by atoms with Gasteiger partial charge in [-0.2, -0.15) is 0 Å². The SMILES string of the molecule is CCOc1ccc(NC(=O)C2CC(=O)n3c(nc4ccccc43)N2)cc1. The lowest BCUT2D eigenvalue weighted by Crippen LogP contribution is -2.42. The van der Waals surface area contributed by atoms with Gasteiger partial charge in [0.15, 0.2) is 0 Å². The molecule has 3 aromatic rings. The Morgan fingerprint density at radius 3 is 2.81 bits per heavy atom. The largest absolute Gasteiger partial charge is 0.494 e. The fourth-order valence-corrected chi connectivity index (χ4v) is 3.04. The maximum absolute atomic E-state index is 12.6. The molecule has 1 aromatic heterocycles. The van der Waals surface area contributed by atoms with Gasteiger partial charge in [0, 0.05) is 5.69 Å². The molecule has 7 nitrogen and oxygen atoms in total. The Labute approximate surface area is 150 Å². The van der Waals surface area contributed by atoms with Crippen molar-refractivity contribution in [2.24, 2.45) is 0 Å². The van der Waals surface area contributed by atoms with E-state index in [1.54, 1.807) is 24.3 Å². The number of amides is 1. The molecule has 1 aliphatic heterocycles. The first-order chi connectivity index (χ1) is 12.7. The Kier molecular flexibility index (Phi) is 4.04. The van der Waals surface area contributed by atoms with E-state index in [9.17, 15) is 9.59 Å². The molecular weight excluding hydrogens is 332 g/mol. The maximum Gasteiger partial charge on any atom is 0.247 e. The molecule has 7 heteroatoms. The first-order valence-corrected chi connectivity index (χ1v) is 8.46. The normalized spacial score (nSPS) is 16.0. The molecule has 2 aromatic carbocycles. The number of ether oxygens (including phenoxy) is 1. The van der Waals surface area contributed by atoms with Crippen molar-refractivity contribution in [2.45, 2.75) is 19.4 Å². The van der Waals surface area contributed by atoms with Gasteiger partial charge in [-0.1, -0.05) is 12.1 Å². The molecule has 0 saturated carbocycles. The maximum atomic E-state index is 12.6. The topological polar surface area (TPSA) is 85.2 Å². The molecular formula is C19H18N4O3. The quantitative estimate of drug-likeness (QED) is 0.756. The van der Waals surface area contributed by atoms with Crippen molar-refractivity contribution < 1.29 is 14.3 Å². The zero-order valence-corrected chi connectivity index (χ0v) is 14.2. The fourth-order valence-electron chi connectivity index (χ4n) is 3.04. The van der Waals surface area contributed by atoms with E-state index in [4.69, 9.17) is 4.74 Å². The molecule has 132 valence electrons. The summed E-state index contributed by atoms with van der Waals surface area (Å²) in [7, 11) is 0. The van der Waals surface area contributed by atoms with Crippen LogP contribution < -0.4 is 15.4 Å². The van der Waals surface area contributed by atoms with Crippen LogP contribution in [0.3, 0.4) is 0 Å². The van der Waals surface area contributed by atoms with E-state index in [-0.39, 0.29) is 18.2 Å². The number of carbonyl (C=O) groups is 2. The first kappa shape index (κ1) is 16.1. The summed E-state index contributed by atoms with van der Waals surface area (Å²) in [5.74, 6) is 0.708. The van der Waals surface area contributed by atoms with Crippen LogP contribution in [-0.4, -0.2) is 34.0 Å². The third-order valence-corrected chi connectivity index (χ3v) is 4.24. The average molecular weight is 350 g/mol. The molecule has 1 atom stereocenters. The number of anilines is 2. The van der Waals surface area contributed by atoms with Crippen LogP contribution in [0.1, 0.15) is 18.1 Å². The van der Waals surface area contributed by atoms with E-state index >= 15 is 0 Å². The lowest BCUT2D eigenvalue weighted by Gasteiger charge is -2.23. The van der Waals surface area contributed by atoms with E-state index < -0.39 is 6.04 Å². The Morgan fingerprint density at radius 2 is 2.04 bits per heavy atom. The van der Waals surface area contributed by atoms with Crippen molar-refractivity contribution in [3.8, 4) is 5.75 Å². The molecule has 0 radical (unpaired) electrons. The van der Waals surface area contributed by atoms with Crippen LogP contribution in [0.5, 0.6) is 5.75 Å². The van der Waals surface area contributed by atoms with Gasteiger partial charge in [-0.05, 0) is 43.3 Å². The predicted octanol–water partition coefficient (Wildman–Crippen LogP) is 2.90. The van der Waals surface area contributed by atoms with Gasteiger partial charge in [-0.3, -0.25) is 9.59 Å². The van der Waals surface area contributed by atoms with Crippen molar-refractivity contribution in [3.63, 3.8) is 0 Å². The first-order valence-electron chi connectivity index (χ1n) is 8.46. The van der Waals surface area contributed by atoms with Crippen LogP contribution in [0.2, 0.25) is 0 Å². The van der Waals surface area contributed by atoms with E-state index in [1.807, 2.05) is 31.2 Å². The molecule has 0 spiro atoms. The summed E-state index contributed by atoms with van der Waals surface area (Å²) in [5.41, 5.74) is 2.10. The molecule has 2 heterocycles. The van der Waals surface area contributed by atoms with Gasteiger partial charge in [-0.25, -0.2) is 9.55 Å². The van der Waals surface area contributed by atoms with Crippen LogP contribution in [0.15, 0.2) is 48.5 Å². The summed E-state index contributed by atoms with van der Waals surface area (Å²) in [4.78, 5) is 29.5. The zero-order chi connectivity index (χ0) is 18.1. The second-order valence-electron chi connectivity index (χ2n) is 6.00. The lowest BCUT2D eigenvalue weighted by molar-refractivity contribution is -0.117. The van der Waals surface area contributed by atoms with Gasteiger partial charge in [0.2, 0.25) is 17.8 Å². The lowest BCUT2D eigenvalue weighted by atomic mass is 10.1. The highest BCUT2D eigenvalue weighted by Crippen LogP contribution is 2.25. The van der Waals surface area contributed by atoms with Gasteiger partial charge >= 0.3 is 0 Å². The molecule has 0 fully saturated rings. The number of benzene rings is 2. The Balaban J connectivity index is 1.52. The minimum atomic E-state index is -0.668. The summed E-state index contributed by atoms with van der Waals surface area (Å²) < 4.78 is 6.91. The second-order valence-corrected chi connectivity index (χ2v) is 6.00. The number of imidazole rings is 1. The van der Waals surface area contributed by atoms with Crippen molar-refractivity contribution in [1.29, 1.82) is 0 Å². The van der Waals surface area contributed by atoms with E-state index in [2.05, 4.69) is 15.6 Å². The van der Waals surface area contributed by atoms with Crippen molar-refractivity contribution in [3.05, 3.63) is 48.5 Å². The number of nitrogens with zero attached hydrogens (tertiary/aromatic N) is 2. The molecule has 0 bridgehead atoms. The molecule has 26 heavy (non-hydrogen) atoms. The van der Waals surface area contributed by atoms with Crippen LogP contribution in [-0.2, 0) is 4.79 Å². The van der Waals surface area contributed by atoms with Gasteiger partial charge < -0.3 is 15.4 Å². The minimum Gasteiger partial charge on any atom is -0.494 e. The number of carbonyl (C=O) groups excluding carboxylic acids is 2. The Morgan fingerprint density at radius 1 is 1.27 bits per heavy atom. The molecule has 4 rings (SSSR count). The Bertz CT molecular complexity index is 978. The molecule has 1 amide bonds. The highest BCUT2D eigenvalue weighted by atomic mass is 16.5. The molecule has 1 unspecified atom stereocenters. The summed E-state index contributed by atoms with van der Waals surface area (Å²) in [6.45, 7) is 2.50. The average Bonchev–Trinajstić information content (AvgIpc) is 3.02. The molecule has 2 N–H and O–H groups in total. The zero-order valence-electron chi connectivity index (χ0n) is 14.2. The number of nitrogens with one attached hydrogen (secondary N) is 2. The number of hydrogen-bond donors (Lipinski definition) is 2. The molecule has 1 aliphatic rings. The third-order valence-electron chi connectivity index (χ3n) is 4.24. The van der Waals surface area contributed by atoms with Gasteiger partial charge in [0.25, 0.3) is 0 Å². The van der Waals surface area contributed by atoms with Gasteiger partial charge in [0.05, 0.1) is 24.1 Å². The minimum absolute atomic E-state index is 0.0657. The monoisotopic (exact) mass is 350 g/mol. The number of rotatable bonds is 4. The van der Waals surface area contributed by atoms with Crippen molar-refractivity contribution in [2.75, 3.05) is 17.2 Å². The van der Waals surface area contributed by atoms with Gasteiger partial charge in [0.1, 0.15) is 11.8 Å². The fraction of sp³-hybridized carbons (Fsp3) is 0.211. The summed E-state index contributed by atoms with van der Waals surface area (Å²) in [6, 6.07) is 13.8. The van der Waals surface area contributed by atoms with Crippen LogP contribution in [0.25, 0.3) is 11.0 Å². The van der Waals surface area contributed by atoms with Crippen molar-refractivity contribution >= 4 is 34.5 Å². The molecule has 0 saturated heterocycles. The molecule has 0 aliphatic carbocycles. The summed E-state index contributed by atoms with van der Waals surface area (Å²) >= 11 is 0. The number of hydrogen-bond acceptors (Lipinski definition) is 5. The van der Waals surface area contributed by atoms with E-state index in [0.29, 0.717) is 18.2 Å². The number of aromatic nitrogens is 2. The smallest absolute Gasteiger partial charge is 0.247 e. The third kappa shape index (κ3) is 2.88. The standard InChI is InChI=1S/C19H18N4O3/c1-2-26-13-9-7-12(8-10-13)20-18(25)15-11-17(24)23-16-6-4-3-5-14(16)21-19(23)22-15/h3-10,15H,2,11H2,1H3,(H,20,25)(H,21,22). The number of para-hydroxylation sites is 2.